The van der Waals surface area contributed by atoms with Crippen LogP contribution in [0.25, 0.3) is 0 Å². The maximum Gasteiger partial charge on any atom is 0.294 e. The molecule has 21 heavy (non-hydrogen) atoms. The Morgan fingerprint density at radius 2 is 1.95 bits per heavy atom. The number of amides is 2. The van der Waals surface area contributed by atoms with Gasteiger partial charge >= 0.3 is 0 Å². The summed E-state index contributed by atoms with van der Waals surface area (Å²) < 4.78 is 4.89. The van der Waals surface area contributed by atoms with Crippen molar-refractivity contribution in [2.75, 3.05) is 5.32 Å². The normalized spacial score (nSPS) is 10.5. The van der Waals surface area contributed by atoms with Crippen molar-refractivity contribution in [3.05, 3.63) is 47.3 Å². The third kappa shape index (κ3) is 3.92. The second kappa shape index (κ2) is 6.21. The van der Waals surface area contributed by atoms with Crippen LogP contribution < -0.4 is 10.6 Å². The molecular weight excluding hydrogens is 270 g/mol. The monoisotopic (exact) mass is 287 g/mol. The molecule has 2 N–H and O–H groups in total. The Morgan fingerprint density at radius 3 is 2.57 bits per heavy atom. The molecule has 0 atom stereocenters. The molecule has 0 bridgehead atoms. The molecule has 6 heteroatoms. The van der Waals surface area contributed by atoms with E-state index in [0.717, 1.165) is 0 Å². The van der Waals surface area contributed by atoms with Crippen LogP contribution in [0, 0.1) is 6.92 Å². The number of rotatable bonds is 4. The maximum atomic E-state index is 11.9. The predicted molar refractivity (Wildman–Crippen MR) is 78.2 cm³/mol. The van der Waals surface area contributed by atoms with E-state index in [2.05, 4.69) is 15.8 Å². The van der Waals surface area contributed by atoms with Gasteiger partial charge in [0.05, 0.1) is 5.69 Å². The molecule has 0 spiro atoms. The molecule has 0 saturated heterocycles. The Hall–Kier alpha value is -2.63. The SMILES string of the molecule is Cc1cc(C(=O)Nc2cccc(C(=O)NC(C)C)c2)on1. The maximum absolute atomic E-state index is 11.9. The summed E-state index contributed by atoms with van der Waals surface area (Å²) in [7, 11) is 0. The largest absolute Gasteiger partial charge is 0.351 e. The van der Waals surface area contributed by atoms with E-state index in [1.54, 1.807) is 37.3 Å². The highest BCUT2D eigenvalue weighted by Gasteiger charge is 2.13. The van der Waals surface area contributed by atoms with Crippen molar-refractivity contribution in [2.24, 2.45) is 0 Å². The Labute approximate surface area is 122 Å². The third-order valence-corrected chi connectivity index (χ3v) is 2.65. The number of nitrogens with zero attached hydrogens (tertiary/aromatic N) is 1. The predicted octanol–water partition coefficient (Wildman–Crippen LogP) is 2.37. The van der Waals surface area contributed by atoms with Gasteiger partial charge in [-0.15, -0.1) is 0 Å². The van der Waals surface area contributed by atoms with E-state index in [0.29, 0.717) is 16.9 Å². The zero-order valence-corrected chi connectivity index (χ0v) is 12.1. The van der Waals surface area contributed by atoms with Crippen molar-refractivity contribution in [1.82, 2.24) is 10.5 Å². The number of anilines is 1. The standard InChI is InChI=1S/C15H17N3O3/c1-9(2)16-14(19)11-5-4-6-12(8-11)17-15(20)13-7-10(3)18-21-13/h4-9H,1-3H3,(H,16,19)(H,17,20). The minimum absolute atomic E-state index is 0.0490. The van der Waals surface area contributed by atoms with Gasteiger partial charge in [0.25, 0.3) is 11.8 Å². The Morgan fingerprint density at radius 1 is 1.19 bits per heavy atom. The lowest BCUT2D eigenvalue weighted by molar-refractivity contribution is 0.0941. The van der Waals surface area contributed by atoms with E-state index in [9.17, 15) is 9.59 Å². The van der Waals surface area contributed by atoms with E-state index < -0.39 is 5.91 Å². The van der Waals surface area contributed by atoms with Crippen LogP contribution in [0.2, 0.25) is 0 Å². The van der Waals surface area contributed by atoms with Crippen LogP contribution in [0.1, 0.15) is 40.5 Å². The van der Waals surface area contributed by atoms with Crippen molar-refractivity contribution >= 4 is 17.5 Å². The average Bonchev–Trinajstić information content (AvgIpc) is 2.85. The number of benzene rings is 1. The molecule has 0 saturated carbocycles. The molecule has 1 aromatic carbocycles. The highest BCUT2D eigenvalue weighted by Crippen LogP contribution is 2.13. The molecule has 0 unspecified atom stereocenters. The summed E-state index contributed by atoms with van der Waals surface area (Å²) in [6, 6.07) is 8.30. The fourth-order valence-corrected chi connectivity index (χ4v) is 1.75. The van der Waals surface area contributed by atoms with Gasteiger partial charge in [-0.05, 0) is 39.0 Å². The summed E-state index contributed by atoms with van der Waals surface area (Å²) in [5.41, 5.74) is 1.63. The zero-order chi connectivity index (χ0) is 15.4. The van der Waals surface area contributed by atoms with E-state index >= 15 is 0 Å². The van der Waals surface area contributed by atoms with E-state index in [4.69, 9.17) is 4.52 Å². The number of hydrogen-bond acceptors (Lipinski definition) is 4. The van der Waals surface area contributed by atoms with Crippen LogP contribution in [0.4, 0.5) is 5.69 Å². The lowest BCUT2D eigenvalue weighted by Gasteiger charge is -2.09. The second-order valence-corrected chi connectivity index (χ2v) is 5.00. The van der Waals surface area contributed by atoms with Gasteiger partial charge in [-0.1, -0.05) is 11.2 Å². The molecule has 2 aromatic rings. The van der Waals surface area contributed by atoms with Gasteiger partial charge in [-0.25, -0.2) is 0 Å². The van der Waals surface area contributed by atoms with Gasteiger partial charge in [-0.3, -0.25) is 9.59 Å². The summed E-state index contributed by atoms with van der Waals surface area (Å²) in [5.74, 6) is -0.460. The van der Waals surface area contributed by atoms with E-state index in [1.807, 2.05) is 13.8 Å². The molecule has 0 aliphatic heterocycles. The van der Waals surface area contributed by atoms with Gasteiger partial charge in [0.2, 0.25) is 5.76 Å². The van der Waals surface area contributed by atoms with Crippen LogP contribution in [-0.2, 0) is 0 Å². The number of aryl methyl sites for hydroxylation is 1. The van der Waals surface area contributed by atoms with Gasteiger partial charge in [-0.2, -0.15) is 0 Å². The fourth-order valence-electron chi connectivity index (χ4n) is 1.75. The highest BCUT2D eigenvalue weighted by molar-refractivity contribution is 6.03. The summed E-state index contributed by atoms with van der Waals surface area (Å²) in [6.07, 6.45) is 0. The van der Waals surface area contributed by atoms with Gasteiger partial charge < -0.3 is 15.2 Å². The number of carbonyl (C=O) groups is 2. The number of carbonyl (C=O) groups excluding carboxylic acids is 2. The van der Waals surface area contributed by atoms with Crippen LogP contribution >= 0.6 is 0 Å². The van der Waals surface area contributed by atoms with Crippen molar-refractivity contribution in [3.8, 4) is 0 Å². The summed E-state index contributed by atoms with van der Waals surface area (Å²) in [6.45, 7) is 5.50. The Bertz CT molecular complexity index is 662. The van der Waals surface area contributed by atoms with E-state index in [1.165, 1.54) is 0 Å². The van der Waals surface area contributed by atoms with Crippen LogP contribution in [-0.4, -0.2) is 23.0 Å². The van der Waals surface area contributed by atoms with Gasteiger partial charge in [0.1, 0.15) is 0 Å². The molecule has 0 fully saturated rings. The molecule has 0 aliphatic carbocycles. The van der Waals surface area contributed by atoms with Crippen molar-refractivity contribution in [1.29, 1.82) is 0 Å². The number of nitrogens with one attached hydrogen (secondary N) is 2. The van der Waals surface area contributed by atoms with Crippen molar-refractivity contribution in [2.45, 2.75) is 26.8 Å². The fraction of sp³-hybridized carbons (Fsp3) is 0.267. The van der Waals surface area contributed by atoms with Crippen LogP contribution in [0.5, 0.6) is 0 Å². The minimum Gasteiger partial charge on any atom is -0.351 e. The van der Waals surface area contributed by atoms with Crippen LogP contribution in [0.15, 0.2) is 34.9 Å². The summed E-state index contributed by atoms with van der Waals surface area (Å²) in [4.78, 5) is 23.9. The molecule has 1 heterocycles. The average molecular weight is 287 g/mol. The lowest BCUT2D eigenvalue weighted by atomic mass is 10.1. The first kappa shape index (κ1) is 14.8. The third-order valence-electron chi connectivity index (χ3n) is 2.65. The zero-order valence-electron chi connectivity index (χ0n) is 12.1. The molecule has 110 valence electrons. The molecule has 6 nitrogen and oxygen atoms in total. The first-order valence-electron chi connectivity index (χ1n) is 6.61. The van der Waals surface area contributed by atoms with Gasteiger partial charge in [0, 0.05) is 23.4 Å². The quantitative estimate of drug-likeness (QED) is 0.904. The number of aromatic nitrogens is 1. The van der Waals surface area contributed by atoms with Crippen LogP contribution in [0.3, 0.4) is 0 Å². The molecular formula is C15H17N3O3. The first-order chi connectivity index (χ1) is 9.95. The van der Waals surface area contributed by atoms with Crippen molar-refractivity contribution < 1.29 is 14.1 Å². The topological polar surface area (TPSA) is 84.2 Å². The molecule has 2 rings (SSSR count). The minimum atomic E-state index is -0.406. The smallest absolute Gasteiger partial charge is 0.294 e. The lowest BCUT2D eigenvalue weighted by Crippen LogP contribution is -2.30. The Balaban J connectivity index is 2.11. The molecule has 0 radical (unpaired) electrons. The molecule has 0 aliphatic rings. The highest BCUT2D eigenvalue weighted by atomic mass is 16.5. The summed E-state index contributed by atoms with van der Waals surface area (Å²) in [5, 5.41) is 9.12. The Kier molecular flexibility index (Phi) is 4.37. The summed E-state index contributed by atoms with van der Waals surface area (Å²) >= 11 is 0. The molecule has 1 aromatic heterocycles. The second-order valence-electron chi connectivity index (χ2n) is 5.00. The van der Waals surface area contributed by atoms with Crippen molar-refractivity contribution in [3.63, 3.8) is 0 Å². The van der Waals surface area contributed by atoms with E-state index in [-0.39, 0.29) is 17.7 Å². The molecule has 2 amide bonds. The first-order valence-corrected chi connectivity index (χ1v) is 6.61. The van der Waals surface area contributed by atoms with Gasteiger partial charge in [0.15, 0.2) is 0 Å². The number of hydrogen-bond donors (Lipinski definition) is 2.